The van der Waals surface area contributed by atoms with Crippen LogP contribution < -0.4 is 0 Å². The minimum Gasteiger partial charge on any atom is -0.462 e. The van der Waals surface area contributed by atoms with Crippen molar-refractivity contribution in [2.24, 2.45) is 11.8 Å². The summed E-state index contributed by atoms with van der Waals surface area (Å²) in [6.07, 6.45) is 49.8. The molecule has 5 atom stereocenters. The molecule has 0 rings (SSSR count). The quantitative estimate of drug-likeness (QED) is 0.0222. The Kier molecular flexibility index (Phi) is 62.7. The van der Waals surface area contributed by atoms with Gasteiger partial charge in [0, 0.05) is 25.7 Å². The molecule has 0 saturated carbocycles. The van der Waals surface area contributed by atoms with Crippen LogP contribution in [0, 0.1) is 11.8 Å². The van der Waals surface area contributed by atoms with Gasteiger partial charge in [-0.1, -0.05) is 318 Å². The maximum absolute atomic E-state index is 13.0. The molecule has 0 aromatic rings. The maximum atomic E-state index is 13.0. The predicted octanol–water partition coefficient (Wildman–Crippen LogP) is 20.8. The lowest BCUT2D eigenvalue weighted by atomic mass is 10.0. The monoisotopic (exact) mass is 1340 g/mol. The number of ether oxygens (including phenoxy) is 4. The van der Waals surface area contributed by atoms with Gasteiger partial charge in [-0.15, -0.1) is 0 Å². The number of rotatable bonds is 71. The van der Waals surface area contributed by atoms with Crippen LogP contribution in [-0.4, -0.2) is 96.7 Å². The van der Waals surface area contributed by atoms with Crippen molar-refractivity contribution in [1.82, 2.24) is 0 Å². The van der Waals surface area contributed by atoms with Crippen LogP contribution in [0.5, 0.6) is 0 Å². The number of aliphatic hydroxyl groups excluding tert-OH is 1. The summed E-state index contributed by atoms with van der Waals surface area (Å²) < 4.78 is 68.4. The van der Waals surface area contributed by atoms with Crippen LogP contribution in [0.2, 0.25) is 0 Å². The molecule has 2 unspecified atom stereocenters. The topological polar surface area (TPSA) is 237 Å². The SMILES string of the molecule is CCCCCCCCCCCCCCCCCC(=O)O[C@H](COC(=O)CCCCCCCCCCCCCC(C)C)COP(=O)(O)OC[C@@H](O)COP(=O)(O)OC[C@@H](COC(=O)CCCCCCCCCCC)OC(=O)CCCCCCCCCCCCC(C)C. The van der Waals surface area contributed by atoms with E-state index in [1.807, 2.05) is 0 Å². The van der Waals surface area contributed by atoms with Crippen LogP contribution in [0.1, 0.15) is 369 Å². The molecule has 0 aromatic heterocycles. The molecule has 0 fully saturated rings. The lowest BCUT2D eigenvalue weighted by molar-refractivity contribution is -0.161. The van der Waals surface area contributed by atoms with E-state index < -0.39 is 97.5 Å². The average molecular weight is 1340 g/mol. The molecular formula is C72H140O17P2. The zero-order valence-electron chi connectivity index (χ0n) is 59.1. The summed E-state index contributed by atoms with van der Waals surface area (Å²) in [7, 11) is -9.90. The number of esters is 4. The standard InChI is InChI=1S/C72H140O17P2/c1-7-9-11-13-15-17-18-19-20-21-24-32-38-44-50-56-71(76)88-68(61-83-70(75)55-49-43-37-31-25-22-23-29-34-40-46-52-64(3)4)63-87-91(80,81)85-59-66(73)58-84-90(78,79)86-62-67(60-82-69(74)54-48-42-36-28-16-14-12-10-8-2)89-72(77)57-51-45-39-33-27-26-30-35-41-47-53-65(5)6/h64-68,73H,7-63H2,1-6H3,(H,78,79)(H,80,81)/t66-,67+,68+/m0/s1. The van der Waals surface area contributed by atoms with E-state index in [2.05, 4.69) is 41.5 Å². The summed E-state index contributed by atoms with van der Waals surface area (Å²) in [5.41, 5.74) is 0. The highest BCUT2D eigenvalue weighted by molar-refractivity contribution is 7.47. The Bertz CT molecular complexity index is 1770. The summed E-state index contributed by atoms with van der Waals surface area (Å²) in [6.45, 7) is 9.55. The molecule has 91 heavy (non-hydrogen) atoms. The summed E-state index contributed by atoms with van der Waals surface area (Å²) >= 11 is 0. The zero-order chi connectivity index (χ0) is 67.2. The second-order valence-corrected chi connectivity index (χ2v) is 29.8. The number of hydrogen-bond donors (Lipinski definition) is 3. The van der Waals surface area contributed by atoms with E-state index in [0.29, 0.717) is 25.7 Å². The van der Waals surface area contributed by atoms with Crippen molar-refractivity contribution in [2.75, 3.05) is 39.6 Å². The number of phosphoric acid groups is 2. The number of phosphoric ester groups is 2. The van der Waals surface area contributed by atoms with Gasteiger partial charge in [0.15, 0.2) is 12.2 Å². The first-order valence-electron chi connectivity index (χ1n) is 37.5. The van der Waals surface area contributed by atoms with Gasteiger partial charge < -0.3 is 33.8 Å². The fourth-order valence-electron chi connectivity index (χ4n) is 10.9. The summed E-state index contributed by atoms with van der Waals surface area (Å²) in [4.78, 5) is 72.6. The minimum absolute atomic E-state index is 0.106. The molecule has 3 N–H and O–H groups in total. The Balaban J connectivity index is 5.24. The van der Waals surface area contributed by atoms with E-state index in [4.69, 9.17) is 37.0 Å². The van der Waals surface area contributed by atoms with E-state index in [9.17, 15) is 43.2 Å². The van der Waals surface area contributed by atoms with Gasteiger partial charge in [-0.25, -0.2) is 9.13 Å². The molecule has 0 spiro atoms. The van der Waals surface area contributed by atoms with E-state index >= 15 is 0 Å². The third-order valence-corrected chi connectivity index (χ3v) is 18.6. The van der Waals surface area contributed by atoms with Crippen LogP contribution in [0.15, 0.2) is 0 Å². The van der Waals surface area contributed by atoms with Crippen molar-refractivity contribution in [3.8, 4) is 0 Å². The van der Waals surface area contributed by atoms with Gasteiger partial charge in [-0.2, -0.15) is 0 Å². The summed E-state index contributed by atoms with van der Waals surface area (Å²) in [5, 5.41) is 10.6. The lowest BCUT2D eigenvalue weighted by Crippen LogP contribution is -2.30. The van der Waals surface area contributed by atoms with Crippen molar-refractivity contribution in [2.45, 2.75) is 387 Å². The largest absolute Gasteiger partial charge is 0.472 e. The number of aliphatic hydroxyl groups is 1. The second kappa shape index (κ2) is 64.1. The van der Waals surface area contributed by atoms with Gasteiger partial charge in [-0.05, 0) is 37.5 Å². The van der Waals surface area contributed by atoms with Gasteiger partial charge in [0.05, 0.1) is 26.4 Å². The fourth-order valence-corrected chi connectivity index (χ4v) is 12.5. The van der Waals surface area contributed by atoms with Gasteiger partial charge in [0.25, 0.3) is 0 Å². The van der Waals surface area contributed by atoms with Crippen molar-refractivity contribution >= 4 is 39.5 Å². The predicted molar refractivity (Wildman–Crippen MR) is 368 cm³/mol. The van der Waals surface area contributed by atoms with E-state index in [-0.39, 0.29) is 25.7 Å². The molecule has 540 valence electrons. The first-order chi connectivity index (χ1) is 43.9. The highest BCUT2D eigenvalue weighted by Crippen LogP contribution is 2.45. The summed E-state index contributed by atoms with van der Waals surface area (Å²) in [5.74, 6) is -0.597. The Morgan fingerprint density at radius 1 is 0.297 bits per heavy atom. The molecule has 0 heterocycles. The molecule has 0 aliphatic rings. The third-order valence-electron chi connectivity index (χ3n) is 16.7. The van der Waals surface area contributed by atoms with Gasteiger partial charge >= 0.3 is 39.5 Å². The maximum Gasteiger partial charge on any atom is 0.472 e. The molecule has 0 aliphatic heterocycles. The fraction of sp³-hybridized carbons (Fsp3) is 0.944. The van der Waals surface area contributed by atoms with Crippen LogP contribution in [0.3, 0.4) is 0 Å². The highest BCUT2D eigenvalue weighted by Gasteiger charge is 2.30. The van der Waals surface area contributed by atoms with Crippen LogP contribution in [0.25, 0.3) is 0 Å². The first kappa shape index (κ1) is 89.1. The number of unbranched alkanes of at least 4 members (excludes halogenated alkanes) is 41. The Hall–Kier alpha value is -1.94. The molecule has 0 amide bonds. The van der Waals surface area contributed by atoms with E-state index in [1.54, 1.807) is 0 Å². The van der Waals surface area contributed by atoms with Crippen molar-refractivity contribution in [3.05, 3.63) is 0 Å². The average Bonchev–Trinajstić information content (AvgIpc) is 3.38. The second-order valence-electron chi connectivity index (χ2n) is 26.9. The van der Waals surface area contributed by atoms with Crippen molar-refractivity contribution in [1.29, 1.82) is 0 Å². The third kappa shape index (κ3) is 66.5. The molecule has 0 saturated heterocycles. The van der Waals surface area contributed by atoms with Crippen LogP contribution >= 0.6 is 15.6 Å². The number of carbonyl (C=O) groups is 4. The van der Waals surface area contributed by atoms with Gasteiger partial charge in [-0.3, -0.25) is 37.3 Å². The number of hydrogen-bond acceptors (Lipinski definition) is 15. The minimum atomic E-state index is -4.95. The van der Waals surface area contributed by atoms with Gasteiger partial charge in [0.2, 0.25) is 0 Å². The van der Waals surface area contributed by atoms with E-state index in [1.165, 1.54) is 186 Å². The normalized spacial score (nSPS) is 14.1. The Morgan fingerprint density at radius 2 is 0.505 bits per heavy atom. The molecule has 0 aliphatic carbocycles. The molecular weight excluding hydrogens is 1200 g/mol. The molecule has 0 bridgehead atoms. The first-order valence-corrected chi connectivity index (χ1v) is 40.5. The number of carbonyl (C=O) groups excluding carboxylic acids is 4. The molecule has 19 heteroatoms. The Morgan fingerprint density at radius 3 is 0.747 bits per heavy atom. The molecule has 0 radical (unpaired) electrons. The van der Waals surface area contributed by atoms with Gasteiger partial charge in [0.1, 0.15) is 19.3 Å². The zero-order valence-corrected chi connectivity index (χ0v) is 60.9. The molecule has 0 aromatic carbocycles. The highest BCUT2D eigenvalue weighted by atomic mass is 31.2. The van der Waals surface area contributed by atoms with Crippen LogP contribution in [-0.2, 0) is 65.4 Å². The smallest absolute Gasteiger partial charge is 0.462 e. The van der Waals surface area contributed by atoms with Crippen LogP contribution in [0.4, 0.5) is 0 Å². The van der Waals surface area contributed by atoms with E-state index in [0.717, 1.165) is 102 Å². The Labute approximate surface area is 556 Å². The molecule has 17 nitrogen and oxygen atoms in total. The van der Waals surface area contributed by atoms with Crippen molar-refractivity contribution < 1.29 is 80.2 Å². The van der Waals surface area contributed by atoms with Crippen molar-refractivity contribution in [3.63, 3.8) is 0 Å². The summed E-state index contributed by atoms with van der Waals surface area (Å²) in [6, 6.07) is 0. The lowest BCUT2D eigenvalue weighted by Gasteiger charge is -2.21.